The van der Waals surface area contributed by atoms with Crippen molar-refractivity contribution >= 4 is 137 Å². The summed E-state index contributed by atoms with van der Waals surface area (Å²) in [5, 5.41) is 18.9. The number of benzene rings is 11. The van der Waals surface area contributed by atoms with Crippen LogP contribution in [0.25, 0.3) is 159 Å². The zero-order valence-electron chi connectivity index (χ0n) is 56.4. The average Bonchev–Trinajstić information content (AvgIpc) is 1.49. The number of nitriles is 1. The normalized spacial score (nSPS) is 14.3. The third-order valence-electron chi connectivity index (χ3n) is 17.2. The average molecular weight is 1090 g/mol. The summed E-state index contributed by atoms with van der Waals surface area (Å²) in [7, 11) is 0. The van der Waals surface area contributed by atoms with Gasteiger partial charge in [0.15, 0.2) is 11.2 Å². The predicted molar refractivity (Wildman–Crippen MR) is 347 cm³/mol. The second-order valence-electron chi connectivity index (χ2n) is 23.8. The lowest BCUT2D eigenvalue weighted by atomic mass is 9.82. The summed E-state index contributed by atoms with van der Waals surface area (Å²) in [5.74, 6) is 0. The van der Waals surface area contributed by atoms with Crippen molar-refractivity contribution in [2.75, 3.05) is 0 Å². The summed E-state index contributed by atoms with van der Waals surface area (Å²) in [6.45, 7) is 23.1. The van der Waals surface area contributed by atoms with Crippen LogP contribution in [0.5, 0.6) is 0 Å². The van der Waals surface area contributed by atoms with Crippen LogP contribution in [-0.4, -0.2) is 18.3 Å². The predicted octanol–water partition coefficient (Wildman–Crippen LogP) is 20.9. The van der Waals surface area contributed by atoms with Crippen LogP contribution in [0.15, 0.2) is 215 Å². The topological polar surface area (TPSA) is 74.2 Å². The molecule has 0 radical (unpaired) electrons. The Morgan fingerprint density at radius 3 is 1.57 bits per heavy atom. The molecule has 0 atom stereocenters. The van der Waals surface area contributed by atoms with Crippen molar-refractivity contribution < 1.29 is 22.5 Å². The molecule has 17 aromatic rings. The molecule has 6 aromatic heterocycles. The number of furan rings is 2. The Bertz CT molecular complexity index is 6230. The van der Waals surface area contributed by atoms with E-state index in [0.29, 0.717) is 44.3 Å². The Hall–Kier alpha value is -10.8. The zero-order chi connectivity index (χ0) is 65.4. The second kappa shape index (κ2) is 16.9. The van der Waals surface area contributed by atoms with Gasteiger partial charge in [-0.2, -0.15) is 5.26 Å². The van der Waals surface area contributed by atoms with Crippen LogP contribution in [0, 0.1) is 17.9 Å². The maximum Gasteiger partial charge on any atom is 0.237 e. The van der Waals surface area contributed by atoms with Crippen molar-refractivity contribution in [3.63, 3.8) is 0 Å². The van der Waals surface area contributed by atoms with E-state index < -0.39 is 65.8 Å². The van der Waals surface area contributed by atoms with Gasteiger partial charge in [0.1, 0.15) is 17.2 Å². The highest BCUT2D eigenvalue weighted by Crippen LogP contribution is 2.54. The molecule has 17 rings (SSSR count). The van der Waals surface area contributed by atoms with Crippen LogP contribution >= 0.6 is 0 Å². The van der Waals surface area contributed by atoms with E-state index in [-0.39, 0.29) is 83.2 Å². The van der Waals surface area contributed by atoms with Crippen LogP contribution in [0.3, 0.4) is 0 Å². The summed E-state index contributed by atoms with van der Waals surface area (Å²) >= 11 is 0. The number of para-hydroxylation sites is 7. The van der Waals surface area contributed by atoms with Gasteiger partial charge in [0.2, 0.25) is 5.69 Å². The fourth-order valence-corrected chi connectivity index (χ4v) is 13.5. The number of hydrogen-bond donors (Lipinski definition) is 0. The first-order valence-electron chi connectivity index (χ1n) is 32.9. The van der Waals surface area contributed by atoms with Gasteiger partial charge in [-0.15, -0.1) is 0 Å². The lowest BCUT2D eigenvalue weighted by Crippen LogP contribution is -2.15. The monoisotopic (exact) mass is 1090 g/mol. The molecule has 0 amide bonds. The highest BCUT2D eigenvalue weighted by atomic mass is 16.3. The van der Waals surface area contributed by atoms with Crippen molar-refractivity contribution in [1.82, 2.24) is 18.3 Å². The number of fused-ring (bicyclic) bond motifs is 20. The summed E-state index contributed by atoms with van der Waals surface area (Å²) in [4.78, 5) is 4.75. The van der Waals surface area contributed by atoms with Crippen LogP contribution in [0.2, 0.25) is 0 Å². The van der Waals surface area contributed by atoms with Crippen molar-refractivity contribution in [3.8, 4) is 28.8 Å². The molecular formula is C76H52N6O2. The standard InChI is InChI=1S/C76H52N6O2/c1-75(2,3)43-36-39-62-53(40-43)54-41-56(76(4,5)6)65-52-28-14-21-35-64(52)84-74(65)70(54)81(62)67-55(42-77)68(79-57-29-15-8-22-44(57)45-23-9-16-30-58(45)79)72(71(66(67)78-7)80-59-31-17-10-24-46(59)47-25-11-18-32-60(47)80)82-61-33-19-12-26-48(61)50-37-38-51-49-27-13-20-34-63(49)83-73(51)69(50)82/h8-41H,1-6H3/i12D,13D,19D,20D,26D,27D,33D,34D,37D,38D. The van der Waals surface area contributed by atoms with E-state index in [1.165, 1.54) is 0 Å². The van der Waals surface area contributed by atoms with E-state index in [4.69, 9.17) is 16.4 Å². The van der Waals surface area contributed by atoms with Crippen molar-refractivity contribution in [2.45, 2.75) is 52.4 Å². The molecule has 398 valence electrons. The van der Waals surface area contributed by atoms with Crippen LogP contribution in [0.1, 0.15) is 71.9 Å². The van der Waals surface area contributed by atoms with Gasteiger partial charge in [-0.25, -0.2) is 4.85 Å². The molecule has 0 spiro atoms. The molecule has 84 heavy (non-hydrogen) atoms. The van der Waals surface area contributed by atoms with Gasteiger partial charge in [-0.3, -0.25) is 0 Å². The van der Waals surface area contributed by atoms with Gasteiger partial charge in [-0.1, -0.05) is 181 Å². The molecule has 0 aliphatic heterocycles. The molecule has 0 unspecified atom stereocenters. The minimum atomic E-state index is -0.650. The van der Waals surface area contributed by atoms with Crippen LogP contribution < -0.4 is 0 Å². The first-order chi connectivity index (χ1) is 45.1. The lowest BCUT2D eigenvalue weighted by Gasteiger charge is -2.27. The molecular weight excluding hydrogens is 1030 g/mol. The highest BCUT2D eigenvalue weighted by Gasteiger charge is 2.37. The molecule has 0 saturated carbocycles. The number of hydrogen-bond acceptors (Lipinski definition) is 3. The molecule has 0 saturated heterocycles. The second-order valence-corrected chi connectivity index (χ2v) is 23.8. The van der Waals surface area contributed by atoms with Gasteiger partial charge in [-0.05, 0) is 88.6 Å². The summed E-state index contributed by atoms with van der Waals surface area (Å²) in [6.07, 6.45) is 0. The van der Waals surface area contributed by atoms with Crippen molar-refractivity contribution in [3.05, 3.63) is 234 Å². The van der Waals surface area contributed by atoms with Crippen LogP contribution in [0.4, 0.5) is 5.69 Å². The Morgan fingerprint density at radius 1 is 0.429 bits per heavy atom. The Kier molecular flexibility index (Phi) is 7.80. The van der Waals surface area contributed by atoms with Gasteiger partial charge < -0.3 is 27.1 Å². The smallest absolute Gasteiger partial charge is 0.237 e. The van der Waals surface area contributed by atoms with Gasteiger partial charge in [0, 0.05) is 64.6 Å². The van der Waals surface area contributed by atoms with Crippen LogP contribution in [-0.2, 0) is 10.8 Å². The first-order valence-corrected chi connectivity index (χ1v) is 27.9. The molecule has 6 heterocycles. The van der Waals surface area contributed by atoms with E-state index >= 15 is 0 Å². The number of rotatable bonds is 4. The maximum absolute atomic E-state index is 13.1. The molecule has 8 nitrogen and oxygen atoms in total. The number of nitrogens with zero attached hydrogens (tertiary/aromatic N) is 6. The summed E-state index contributed by atoms with van der Waals surface area (Å²) < 4.78 is 117. The van der Waals surface area contributed by atoms with E-state index in [2.05, 4.69) is 65.8 Å². The summed E-state index contributed by atoms with van der Waals surface area (Å²) in [5.41, 5.74) is 5.49. The van der Waals surface area contributed by atoms with E-state index in [0.717, 1.165) is 54.2 Å². The lowest BCUT2D eigenvalue weighted by molar-refractivity contribution is 0.591. The third-order valence-corrected chi connectivity index (χ3v) is 17.2. The Balaban J connectivity index is 1.25. The molecule has 8 heteroatoms. The first kappa shape index (κ1) is 38.8. The van der Waals surface area contributed by atoms with Gasteiger partial charge >= 0.3 is 0 Å². The minimum absolute atomic E-state index is 0.0208. The quantitative estimate of drug-likeness (QED) is 0.165. The van der Waals surface area contributed by atoms with E-state index in [1.807, 2.05) is 141 Å². The van der Waals surface area contributed by atoms with E-state index in [1.54, 1.807) is 4.57 Å². The third kappa shape index (κ3) is 6.29. The Labute approximate surface area is 496 Å². The van der Waals surface area contributed by atoms with Gasteiger partial charge in [0.25, 0.3) is 0 Å². The van der Waals surface area contributed by atoms with Gasteiger partial charge in [0.05, 0.1) is 92.7 Å². The zero-order valence-corrected chi connectivity index (χ0v) is 46.4. The fourth-order valence-electron chi connectivity index (χ4n) is 13.5. The van der Waals surface area contributed by atoms with Crippen molar-refractivity contribution in [1.29, 1.82) is 5.26 Å². The molecule has 0 aliphatic rings. The summed E-state index contributed by atoms with van der Waals surface area (Å²) in [6, 6.07) is 44.4. The van der Waals surface area contributed by atoms with E-state index in [9.17, 15) is 22.8 Å². The molecule has 0 bridgehead atoms. The number of aromatic nitrogens is 4. The maximum atomic E-state index is 13.1. The largest absolute Gasteiger partial charge is 0.454 e. The highest BCUT2D eigenvalue weighted by molar-refractivity contribution is 6.26. The van der Waals surface area contributed by atoms with Crippen molar-refractivity contribution in [2.24, 2.45) is 0 Å². The molecule has 11 aromatic carbocycles. The SMILES string of the molecule is [2H]c1c([2H])c([2H])c2c(oc3c2c([2H])c([2H])c2c4c([2H])c([2H])c([2H])c([2H])c4n(-c4c(-n5c6ccccc6c6ccccc65)c(C#N)c(-n5c6ccc(C(C)(C)C)cc6c6cc(C(C)(C)C)c7c8ccccc8oc7c65)c([N+]#[C-])c4-n4c5ccccc5c5ccccc54)c32)c1[2H]. The molecule has 0 N–H and O–H groups in total. The molecule has 0 fully saturated rings. The minimum Gasteiger partial charge on any atom is -0.454 e. The Morgan fingerprint density at radius 2 is 0.952 bits per heavy atom. The fraction of sp³-hybridized carbons (Fsp3) is 0.105. The molecule has 0 aliphatic carbocycles.